The third kappa shape index (κ3) is 1.28. The van der Waals surface area contributed by atoms with Crippen LogP contribution in [0.5, 0.6) is 0 Å². The van der Waals surface area contributed by atoms with Crippen LogP contribution in [0.15, 0.2) is 0 Å². The number of fused-ring (bicyclic) bond motifs is 1. The molecule has 2 rings (SSSR count). The highest BCUT2D eigenvalue weighted by Crippen LogP contribution is 2.52. The summed E-state index contributed by atoms with van der Waals surface area (Å²) < 4.78 is 10.1. The largest absolute Gasteiger partial charge is 0.390 e. The normalized spacial score (nSPS) is 47.5. The first-order valence-corrected chi connectivity index (χ1v) is 4.11. The van der Waals surface area contributed by atoms with Gasteiger partial charge in [0.1, 0.15) is 6.79 Å². The van der Waals surface area contributed by atoms with E-state index < -0.39 is 0 Å². The molecule has 4 atom stereocenters. The van der Waals surface area contributed by atoms with Crippen molar-refractivity contribution < 1.29 is 14.6 Å². The van der Waals surface area contributed by atoms with Crippen molar-refractivity contribution in [1.82, 2.24) is 0 Å². The number of aliphatic hydroxyl groups is 1. The third-order valence-corrected chi connectivity index (χ3v) is 2.70. The topological polar surface area (TPSA) is 38.7 Å². The molecule has 0 spiro atoms. The minimum absolute atomic E-state index is 0.0555. The molecule has 0 aliphatic heterocycles. The summed E-state index contributed by atoms with van der Waals surface area (Å²) >= 11 is 0. The highest BCUT2D eigenvalue weighted by molar-refractivity contribution is 5.03. The predicted octanol–water partition coefficient (Wildman–Crippen LogP) is 0.376. The van der Waals surface area contributed by atoms with Crippen molar-refractivity contribution >= 4 is 0 Å². The number of rotatable bonds is 3. The van der Waals surface area contributed by atoms with Gasteiger partial charge in [0.25, 0.3) is 0 Å². The molecular formula is C8H14O3. The Balaban J connectivity index is 1.81. The number of hydrogen-bond acceptors (Lipinski definition) is 3. The van der Waals surface area contributed by atoms with Crippen LogP contribution in [-0.2, 0) is 9.47 Å². The summed E-state index contributed by atoms with van der Waals surface area (Å²) in [6.45, 7) is 0.310. The molecule has 0 aromatic carbocycles. The van der Waals surface area contributed by atoms with E-state index in [4.69, 9.17) is 9.47 Å². The van der Waals surface area contributed by atoms with Gasteiger partial charge in [0, 0.05) is 7.11 Å². The monoisotopic (exact) mass is 158 g/mol. The molecule has 0 aromatic rings. The molecular weight excluding hydrogens is 144 g/mol. The lowest BCUT2D eigenvalue weighted by Crippen LogP contribution is -2.27. The first-order chi connectivity index (χ1) is 5.33. The molecule has 2 aliphatic carbocycles. The van der Waals surface area contributed by atoms with Gasteiger partial charge < -0.3 is 14.6 Å². The molecule has 0 saturated heterocycles. The molecule has 1 N–H and O–H groups in total. The summed E-state index contributed by atoms with van der Waals surface area (Å²) in [5.74, 6) is 1.37. The molecule has 2 saturated carbocycles. The Kier molecular flexibility index (Phi) is 1.87. The minimum atomic E-state index is -0.242. The molecule has 0 bridgehead atoms. The quantitative estimate of drug-likeness (QED) is 0.603. The van der Waals surface area contributed by atoms with E-state index in [1.54, 1.807) is 7.11 Å². The van der Waals surface area contributed by atoms with E-state index >= 15 is 0 Å². The summed E-state index contributed by atoms with van der Waals surface area (Å²) in [7, 11) is 1.60. The van der Waals surface area contributed by atoms with Crippen molar-refractivity contribution in [1.29, 1.82) is 0 Å². The molecule has 0 aromatic heterocycles. The Hall–Kier alpha value is -0.120. The van der Waals surface area contributed by atoms with E-state index in [1.165, 1.54) is 6.42 Å². The van der Waals surface area contributed by atoms with Gasteiger partial charge in [0.15, 0.2) is 0 Å². The lowest BCUT2D eigenvalue weighted by atomic mass is 10.2. The van der Waals surface area contributed by atoms with Crippen molar-refractivity contribution in [3.63, 3.8) is 0 Å². The minimum Gasteiger partial charge on any atom is -0.390 e. The van der Waals surface area contributed by atoms with E-state index in [2.05, 4.69) is 0 Å². The molecule has 0 heterocycles. The van der Waals surface area contributed by atoms with Crippen LogP contribution in [0.25, 0.3) is 0 Å². The summed E-state index contributed by atoms with van der Waals surface area (Å²) in [5.41, 5.74) is 0. The average Bonchev–Trinajstić information content (AvgIpc) is 2.64. The van der Waals surface area contributed by atoms with Gasteiger partial charge in [-0.25, -0.2) is 0 Å². The fraction of sp³-hybridized carbons (Fsp3) is 1.00. The van der Waals surface area contributed by atoms with E-state index in [-0.39, 0.29) is 12.2 Å². The number of hydrogen-bond donors (Lipinski definition) is 1. The zero-order chi connectivity index (χ0) is 7.84. The van der Waals surface area contributed by atoms with Crippen molar-refractivity contribution in [3.05, 3.63) is 0 Å². The zero-order valence-electron chi connectivity index (χ0n) is 6.69. The smallest absolute Gasteiger partial charge is 0.146 e. The number of aliphatic hydroxyl groups excluding tert-OH is 1. The molecule has 3 nitrogen and oxygen atoms in total. The van der Waals surface area contributed by atoms with Crippen LogP contribution in [-0.4, -0.2) is 31.2 Å². The Bertz CT molecular complexity index is 146. The maximum absolute atomic E-state index is 9.44. The van der Waals surface area contributed by atoms with Crippen LogP contribution in [0.1, 0.15) is 12.8 Å². The molecule has 2 aliphatic rings. The maximum atomic E-state index is 9.44. The lowest BCUT2D eigenvalue weighted by molar-refractivity contribution is -0.110. The zero-order valence-corrected chi connectivity index (χ0v) is 6.69. The van der Waals surface area contributed by atoms with Crippen LogP contribution in [0, 0.1) is 11.8 Å². The van der Waals surface area contributed by atoms with Gasteiger partial charge in [-0.1, -0.05) is 0 Å². The van der Waals surface area contributed by atoms with E-state index in [0.29, 0.717) is 12.7 Å². The summed E-state index contributed by atoms with van der Waals surface area (Å²) in [6, 6.07) is 0. The van der Waals surface area contributed by atoms with Crippen molar-refractivity contribution in [2.75, 3.05) is 13.9 Å². The van der Waals surface area contributed by atoms with E-state index in [0.717, 1.165) is 12.3 Å². The lowest BCUT2D eigenvalue weighted by Gasteiger charge is -2.17. The van der Waals surface area contributed by atoms with Crippen LogP contribution in [0.3, 0.4) is 0 Å². The van der Waals surface area contributed by atoms with Crippen LogP contribution < -0.4 is 0 Å². The molecule has 1 unspecified atom stereocenters. The Morgan fingerprint density at radius 2 is 2.27 bits per heavy atom. The Labute approximate surface area is 66.3 Å². The second-order valence-electron chi connectivity index (χ2n) is 3.50. The maximum Gasteiger partial charge on any atom is 0.146 e. The van der Waals surface area contributed by atoms with Crippen molar-refractivity contribution in [2.24, 2.45) is 11.8 Å². The molecule has 64 valence electrons. The predicted molar refractivity (Wildman–Crippen MR) is 39.0 cm³/mol. The number of ether oxygens (including phenoxy) is 2. The number of methoxy groups -OCH3 is 1. The summed E-state index contributed by atoms with van der Waals surface area (Å²) in [5, 5.41) is 9.44. The molecule has 3 heteroatoms. The fourth-order valence-electron chi connectivity index (χ4n) is 2.06. The van der Waals surface area contributed by atoms with Crippen LogP contribution in [0.2, 0.25) is 0 Å². The second-order valence-corrected chi connectivity index (χ2v) is 3.50. The van der Waals surface area contributed by atoms with Crippen LogP contribution >= 0.6 is 0 Å². The molecule has 0 radical (unpaired) electrons. The molecule has 11 heavy (non-hydrogen) atoms. The first-order valence-electron chi connectivity index (χ1n) is 4.11. The van der Waals surface area contributed by atoms with Gasteiger partial charge >= 0.3 is 0 Å². The Morgan fingerprint density at radius 3 is 2.82 bits per heavy atom. The SMILES string of the molecule is COCO[C@H]1C2C[C@@H]2C[C@H]1O. The summed E-state index contributed by atoms with van der Waals surface area (Å²) in [6.07, 6.45) is 1.98. The second kappa shape index (κ2) is 2.73. The van der Waals surface area contributed by atoms with E-state index in [1.807, 2.05) is 0 Å². The van der Waals surface area contributed by atoms with Gasteiger partial charge in [-0.15, -0.1) is 0 Å². The van der Waals surface area contributed by atoms with Gasteiger partial charge in [-0.3, -0.25) is 0 Å². The van der Waals surface area contributed by atoms with Crippen LogP contribution in [0.4, 0.5) is 0 Å². The standard InChI is InChI=1S/C8H14O3/c1-10-4-11-8-6-2-5(6)3-7(8)9/h5-9H,2-4H2,1H3/t5-,6?,7-,8+/m1/s1. The highest BCUT2D eigenvalue weighted by atomic mass is 16.7. The molecule has 2 fully saturated rings. The Morgan fingerprint density at radius 1 is 1.45 bits per heavy atom. The fourth-order valence-corrected chi connectivity index (χ4v) is 2.06. The van der Waals surface area contributed by atoms with Gasteiger partial charge in [-0.2, -0.15) is 0 Å². The highest BCUT2D eigenvalue weighted by Gasteiger charge is 2.53. The van der Waals surface area contributed by atoms with Gasteiger partial charge in [-0.05, 0) is 24.7 Å². The average molecular weight is 158 g/mol. The molecule has 0 amide bonds. The van der Waals surface area contributed by atoms with Gasteiger partial charge in [0.2, 0.25) is 0 Å². The van der Waals surface area contributed by atoms with Crippen molar-refractivity contribution in [3.8, 4) is 0 Å². The third-order valence-electron chi connectivity index (χ3n) is 2.70. The summed E-state index contributed by atoms with van der Waals surface area (Å²) in [4.78, 5) is 0. The van der Waals surface area contributed by atoms with Crippen molar-refractivity contribution in [2.45, 2.75) is 25.0 Å². The van der Waals surface area contributed by atoms with Gasteiger partial charge in [0.05, 0.1) is 12.2 Å². The van der Waals surface area contributed by atoms with E-state index in [9.17, 15) is 5.11 Å². The first kappa shape index (κ1) is 7.53.